The molecule has 0 fully saturated rings. The van der Waals surface area contributed by atoms with E-state index < -0.39 is 11.0 Å². The number of hydrogen-bond acceptors (Lipinski definition) is 5. The smallest absolute Gasteiger partial charge is 0.269 e. The molecule has 0 saturated carbocycles. The molecule has 0 aliphatic heterocycles. The van der Waals surface area contributed by atoms with Gasteiger partial charge in [-0.25, -0.2) is 0 Å². The minimum atomic E-state index is -0.540. The van der Waals surface area contributed by atoms with Crippen LogP contribution in [-0.2, 0) is 21.9 Å². The van der Waals surface area contributed by atoms with Gasteiger partial charge in [0.05, 0.1) is 10.7 Å². The highest BCUT2D eigenvalue weighted by Crippen LogP contribution is 2.19. The van der Waals surface area contributed by atoms with E-state index in [1.807, 2.05) is 51.1 Å². The third kappa shape index (κ3) is 8.00. The number of hydrogen-bond donors (Lipinski definition) is 1. The fourth-order valence-corrected chi connectivity index (χ4v) is 4.05. The molecule has 0 unspecified atom stereocenters. The number of amides is 2. The standard InChI is InChI=1S/C24H31N3O4S/c1-4-22(24(29)25-14-18(2)3)26(15-19-8-6-5-7-9-19)23(28)17-32-16-20-10-12-21(13-11-20)27(30)31/h5-13,18,22H,4,14-17H2,1-3H3,(H,25,29)/t22-/m1/s1. The van der Waals surface area contributed by atoms with Crippen molar-refractivity contribution in [2.24, 2.45) is 5.92 Å². The molecule has 0 heterocycles. The van der Waals surface area contributed by atoms with Gasteiger partial charge in [-0.3, -0.25) is 19.7 Å². The van der Waals surface area contributed by atoms with Gasteiger partial charge in [0.1, 0.15) is 6.04 Å². The van der Waals surface area contributed by atoms with Gasteiger partial charge in [0.25, 0.3) is 5.69 Å². The number of nitro benzene ring substituents is 1. The van der Waals surface area contributed by atoms with Crippen LogP contribution in [0, 0.1) is 16.0 Å². The summed E-state index contributed by atoms with van der Waals surface area (Å²) in [7, 11) is 0. The lowest BCUT2D eigenvalue weighted by atomic mass is 10.1. The molecule has 0 aliphatic rings. The van der Waals surface area contributed by atoms with E-state index >= 15 is 0 Å². The zero-order chi connectivity index (χ0) is 23.5. The second-order valence-corrected chi connectivity index (χ2v) is 8.97. The van der Waals surface area contributed by atoms with Gasteiger partial charge >= 0.3 is 0 Å². The van der Waals surface area contributed by atoms with E-state index in [1.165, 1.54) is 23.9 Å². The molecule has 1 atom stereocenters. The Bertz CT molecular complexity index is 888. The summed E-state index contributed by atoms with van der Waals surface area (Å²) in [6.45, 7) is 6.91. The SMILES string of the molecule is CC[C@H](C(=O)NCC(C)C)N(Cc1ccccc1)C(=O)CSCc1ccc([N+](=O)[O-])cc1. The van der Waals surface area contributed by atoms with E-state index in [4.69, 9.17) is 0 Å². The molecule has 0 aromatic heterocycles. The molecule has 2 rings (SSSR count). The molecular weight excluding hydrogens is 426 g/mol. The van der Waals surface area contributed by atoms with Crippen LogP contribution in [0.4, 0.5) is 5.69 Å². The fraction of sp³-hybridized carbons (Fsp3) is 0.417. The Morgan fingerprint density at radius 2 is 1.72 bits per heavy atom. The van der Waals surface area contributed by atoms with Crippen LogP contribution in [-0.4, -0.2) is 40.0 Å². The zero-order valence-corrected chi connectivity index (χ0v) is 19.6. The third-order valence-corrected chi connectivity index (χ3v) is 5.90. The molecule has 0 aliphatic carbocycles. The highest BCUT2D eigenvalue weighted by atomic mass is 32.2. The quantitative estimate of drug-likeness (QED) is 0.376. The first-order valence-corrected chi connectivity index (χ1v) is 11.9. The summed E-state index contributed by atoms with van der Waals surface area (Å²) >= 11 is 1.43. The van der Waals surface area contributed by atoms with Gasteiger partial charge in [-0.15, -0.1) is 11.8 Å². The first kappa shape index (κ1) is 25.4. The number of benzene rings is 2. The Balaban J connectivity index is 2.06. The molecule has 2 aromatic rings. The van der Waals surface area contributed by atoms with Gasteiger partial charge < -0.3 is 10.2 Å². The highest BCUT2D eigenvalue weighted by molar-refractivity contribution is 7.99. The molecule has 2 aromatic carbocycles. The number of thioether (sulfide) groups is 1. The Labute approximate surface area is 193 Å². The maximum absolute atomic E-state index is 13.2. The normalized spacial score (nSPS) is 11.8. The summed E-state index contributed by atoms with van der Waals surface area (Å²) in [6, 6.07) is 15.4. The molecular formula is C24H31N3O4S. The largest absolute Gasteiger partial charge is 0.354 e. The molecule has 1 N–H and O–H groups in total. The summed E-state index contributed by atoms with van der Waals surface area (Å²) < 4.78 is 0. The van der Waals surface area contributed by atoms with Crippen molar-refractivity contribution in [1.82, 2.24) is 10.2 Å². The Hall–Kier alpha value is -2.87. The van der Waals surface area contributed by atoms with Crippen molar-refractivity contribution >= 4 is 29.3 Å². The molecule has 32 heavy (non-hydrogen) atoms. The van der Waals surface area contributed by atoms with Crippen molar-refractivity contribution in [3.63, 3.8) is 0 Å². The maximum atomic E-state index is 13.2. The average Bonchev–Trinajstić information content (AvgIpc) is 2.78. The lowest BCUT2D eigenvalue weighted by Gasteiger charge is -2.31. The van der Waals surface area contributed by atoms with Crippen molar-refractivity contribution in [1.29, 1.82) is 0 Å². The predicted molar refractivity (Wildman–Crippen MR) is 128 cm³/mol. The average molecular weight is 458 g/mol. The third-order valence-electron chi connectivity index (χ3n) is 4.91. The van der Waals surface area contributed by atoms with Gasteiger partial charge in [0.15, 0.2) is 0 Å². The molecule has 8 heteroatoms. The Morgan fingerprint density at radius 1 is 1.06 bits per heavy atom. The summed E-state index contributed by atoms with van der Waals surface area (Å²) in [5.41, 5.74) is 1.92. The predicted octanol–water partition coefficient (Wildman–Crippen LogP) is 4.41. The highest BCUT2D eigenvalue weighted by Gasteiger charge is 2.28. The van der Waals surface area contributed by atoms with Crippen molar-refractivity contribution in [3.8, 4) is 0 Å². The van der Waals surface area contributed by atoms with Crippen LogP contribution >= 0.6 is 11.8 Å². The van der Waals surface area contributed by atoms with Crippen molar-refractivity contribution in [2.45, 2.75) is 45.5 Å². The summed E-state index contributed by atoms with van der Waals surface area (Å²) in [5.74, 6) is 0.863. The zero-order valence-electron chi connectivity index (χ0n) is 18.8. The summed E-state index contributed by atoms with van der Waals surface area (Å²) in [4.78, 5) is 38.0. The van der Waals surface area contributed by atoms with E-state index in [-0.39, 0.29) is 23.3 Å². The van der Waals surface area contributed by atoms with E-state index in [1.54, 1.807) is 17.0 Å². The number of non-ortho nitro benzene ring substituents is 1. The van der Waals surface area contributed by atoms with Gasteiger partial charge in [-0.05, 0) is 23.5 Å². The summed E-state index contributed by atoms with van der Waals surface area (Å²) in [5, 5.41) is 13.7. The molecule has 0 spiro atoms. The lowest BCUT2D eigenvalue weighted by Crippen LogP contribution is -2.50. The van der Waals surface area contributed by atoms with E-state index in [9.17, 15) is 19.7 Å². The number of carbonyl (C=O) groups is 2. The molecule has 172 valence electrons. The number of rotatable bonds is 12. The Morgan fingerprint density at radius 3 is 2.28 bits per heavy atom. The second-order valence-electron chi connectivity index (χ2n) is 7.99. The first-order valence-electron chi connectivity index (χ1n) is 10.7. The van der Waals surface area contributed by atoms with Crippen LogP contribution in [0.2, 0.25) is 0 Å². The van der Waals surface area contributed by atoms with E-state index in [2.05, 4.69) is 5.32 Å². The van der Waals surface area contributed by atoms with Crippen molar-refractivity contribution in [3.05, 3.63) is 75.8 Å². The van der Waals surface area contributed by atoms with Crippen molar-refractivity contribution < 1.29 is 14.5 Å². The van der Waals surface area contributed by atoms with Crippen LogP contribution in [0.1, 0.15) is 38.3 Å². The number of nitrogens with one attached hydrogen (secondary N) is 1. The minimum Gasteiger partial charge on any atom is -0.354 e. The molecule has 2 amide bonds. The maximum Gasteiger partial charge on any atom is 0.269 e. The second kappa shape index (κ2) is 12.9. The lowest BCUT2D eigenvalue weighted by molar-refractivity contribution is -0.384. The number of nitrogens with zero attached hydrogens (tertiary/aromatic N) is 2. The van der Waals surface area contributed by atoms with Crippen LogP contribution < -0.4 is 5.32 Å². The molecule has 7 nitrogen and oxygen atoms in total. The van der Waals surface area contributed by atoms with Gasteiger partial charge in [0.2, 0.25) is 11.8 Å². The molecule has 0 saturated heterocycles. The monoisotopic (exact) mass is 457 g/mol. The fourth-order valence-electron chi connectivity index (χ4n) is 3.18. The molecule has 0 radical (unpaired) electrons. The first-order chi connectivity index (χ1) is 15.3. The molecule has 0 bridgehead atoms. The topological polar surface area (TPSA) is 92.6 Å². The number of carbonyl (C=O) groups excluding carboxylic acids is 2. The van der Waals surface area contributed by atoms with Crippen LogP contribution in [0.15, 0.2) is 54.6 Å². The van der Waals surface area contributed by atoms with E-state index in [0.29, 0.717) is 31.2 Å². The van der Waals surface area contributed by atoms with Gasteiger partial charge in [0, 0.05) is 31.0 Å². The van der Waals surface area contributed by atoms with Gasteiger partial charge in [-0.2, -0.15) is 0 Å². The van der Waals surface area contributed by atoms with Gasteiger partial charge in [-0.1, -0.05) is 63.2 Å². The van der Waals surface area contributed by atoms with Crippen LogP contribution in [0.3, 0.4) is 0 Å². The summed E-state index contributed by atoms with van der Waals surface area (Å²) in [6.07, 6.45) is 0.523. The van der Waals surface area contributed by atoms with Crippen LogP contribution in [0.5, 0.6) is 0 Å². The Kier molecular flexibility index (Phi) is 10.2. The number of nitro groups is 1. The minimum absolute atomic E-state index is 0.0436. The van der Waals surface area contributed by atoms with Crippen LogP contribution in [0.25, 0.3) is 0 Å². The van der Waals surface area contributed by atoms with Crippen molar-refractivity contribution in [2.75, 3.05) is 12.3 Å². The van der Waals surface area contributed by atoms with E-state index in [0.717, 1.165) is 11.1 Å².